The number of carboxylic acids is 4. The lowest BCUT2D eigenvalue weighted by molar-refractivity contribution is -0.148. The fraction of sp³-hybridized carbons (Fsp3) is 0.562. The molecule has 0 aromatic heterocycles. The first-order valence-corrected chi connectivity index (χ1v) is 8.79. The third kappa shape index (κ3) is 11.1. The molecule has 4 unspecified atom stereocenters. The van der Waals surface area contributed by atoms with Crippen molar-refractivity contribution in [3.05, 3.63) is 0 Å². The SMILES string of the molecule is CC(N)C(=O)NC(CCC(=O)O)C(=O)NC(CC(=O)O)C(=O)NC(CC(=O)O)C(=O)O. The van der Waals surface area contributed by atoms with E-state index in [4.69, 9.17) is 26.2 Å². The Bertz CT molecular complexity index is 737. The molecule has 0 rings (SSSR count). The highest BCUT2D eigenvalue weighted by atomic mass is 16.4. The number of aliphatic carboxylic acids is 4. The highest BCUT2D eigenvalue weighted by Gasteiger charge is 2.32. The molecule has 9 N–H and O–H groups in total. The summed E-state index contributed by atoms with van der Waals surface area (Å²) in [6, 6.07) is -6.31. The van der Waals surface area contributed by atoms with Crippen molar-refractivity contribution in [1.29, 1.82) is 0 Å². The Labute approximate surface area is 175 Å². The summed E-state index contributed by atoms with van der Waals surface area (Å²) in [5.74, 6) is -9.38. The zero-order valence-electron chi connectivity index (χ0n) is 16.4. The van der Waals surface area contributed by atoms with E-state index in [0.29, 0.717) is 0 Å². The quantitative estimate of drug-likeness (QED) is 0.130. The Morgan fingerprint density at radius 2 is 1.10 bits per heavy atom. The van der Waals surface area contributed by atoms with Crippen LogP contribution in [0.5, 0.6) is 0 Å². The third-order valence-electron chi connectivity index (χ3n) is 3.70. The van der Waals surface area contributed by atoms with Crippen LogP contribution in [0.2, 0.25) is 0 Å². The van der Waals surface area contributed by atoms with E-state index in [0.717, 1.165) is 0 Å². The Balaban J connectivity index is 5.51. The minimum absolute atomic E-state index is 0.419. The predicted octanol–water partition coefficient (Wildman–Crippen LogP) is -3.31. The first-order chi connectivity index (χ1) is 14.2. The molecular formula is C16H24N4O11. The number of hydrogen-bond acceptors (Lipinski definition) is 8. The minimum atomic E-state index is -1.90. The van der Waals surface area contributed by atoms with Gasteiger partial charge in [-0.15, -0.1) is 0 Å². The number of hydrogen-bond donors (Lipinski definition) is 8. The van der Waals surface area contributed by atoms with Crippen molar-refractivity contribution in [2.75, 3.05) is 0 Å². The summed E-state index contributed by atoms with van der Waals surface area (Å²) >= 11 is 0. The number of rotatable bonds is 14. The van der Waals surface area contributed by atoms with E-state index in [1.807, 2.05) is 10.6 Å². The Kier molecular flexibility index (Phi) is 11.2. The molecule has 0 aliphatic heterocycles. The Hall–Kier alpha value is -3.75. The van der Waals surface area contributed by atoms with Gasteiger partial charge >= 0.3 is 23.9 Å². The molecule has 0 aromatic rings. The van der Waals surface area contributed by atoms with Gasteiger partial charge in [0.2, 0.25) is 17.7 Å². The van der Waals surface area contributed by atoms with Gasteiger partial charge in [-0.1, -0.05) is 0 Å². The van der Waals surface area contributed by atoms with Gasteiger partial charge in [0.25, 0.3) is 0 Å². The van der Waals surface area contributed by atoms with Gasteiger partial charge in [-0.2, -0.15) is 0 Å². The topological polar surface area (TPSA) is 263 Å². The fourth-order valence-electron chi connectivity index (χ4n) is 2.14. The molecule has 0 aliphatic carbocycles. The molecule has 0 bridgehead atoms. The van der Waals surface area contributed by atoms with E-state index in [2.05, 4.69) is 5.32 Å². The van der Waals surface area contributed by atoms with E-state index in [9.17, 15) is 33.6 Å². The molecule has 0 spiro atoms. The van der Waals surface area contributed by atoms with Crippen molar-refractivity contribution in [1.82, 2.24) is 16.0 Å². The van der Waals surface area contributed by atoms with E-state index >= 15 is 0 Å². The summed E-state index contributed by atoms with van der Waals surface area (Å²) in [7, 11) is 0. The van der Waals surface area contributed by atoms with Crippen molar-refractivity contribution in [3.8, 4) is 0 Å². The van der Waals surface area contributed by atoms with Crippen molar-refractivity contribution in [3.63, 3.8) is 0 Å². The summed E-state index contributed by atoms with van der Waals surface area (Å²) < 4.78 is 0. The molecular weight excluding hydrogens is 424 g/mol. The second kappa shape index (κ2) is 12.7. The van der Waals surface area contributed by atoms with Crippen LogP contribution in [-0.2, 0) is 33.6 Å². The molecule has 31 heavy (non-hydrogen) atoms. The molecule has 15 heteroatoms. The lowest BCUT2D eigenvalue weighted by Gasteiger charge is -2.23. The molecule has 0 aromatic carbocycles. The second-order valence-electron chi connectivity index (χ2n) is 6.44. The monoisotopic (exact) mass is 448 g/mol. The van der Waals surface area contributed by atoms with Crippen molar-refractivity contribution >= 4 is 41.6 Å². The molecule has 0 saturated heterocycles. The van der Waals surface area contributed by atoms with Gasteiger partial charge in [0.15, 0.2) is 0 Å². The molecule has 0 radical (unpaired) electrons. The summed E-state index contributed by atoms with van der Waals surface area (Å²) in [6.07, 6.45) is -3.00. The standard InChI is InChI=1S/C16H24N4O11/c1-6(17)13(27)18-7(2-3-10(21)22)14(28)19-8(4-11(23)24)15(29)20-9(16(30)31)5-12(25)26/h6-9H,2-5,17H2,1H3,(H,18,27)(H,19,28)(H,20,29)(H,21,22)(H,23,24)(H,25,26)(H,30,31). The molecule has 0 saturated carbocycles. The number of carbonyl (C=O) groups is 7. The molecule has 3 amide bonds. The summed E-state index contributed by atoms with van der Waals surface area (Å²) in [6.45, 7) is 1.29. The van der Waals surface area contributed by atoms with Gasteiger partial charge in [0.05, 0.1) is 18.9 Å². The van der Waals surface area contributed by atoms with Crippen molar-refractivity contribution in [2.24, 2.45) is 5.73 Å². The van der Waals surface area contributed by atoms with Crippen LogP contribution in [0.15, 0.2) is 0 Å². The highest BCUT2D eigenvalue weighted by Crippen LogP contribution is 2.03. The number of nitrogens with two attached hydrogens (primary N) is 1. The molecule has 0 aliphatic rings. The second-order valence-corrected chi connectivity index (χ2v) is 6.44. The first-order valence-electron chi connectivity index (χ1n) is 8.79. The van der Waals surface area contributed by atoms with Crippen LogP contribution in [0.3, 0.4) is 0 Å². The van der Waals surface area contributed by atoms with Crippen LogP contribution in [-0.4, -0.2) is 86.2 Å². The van der Waals surface area contributed by atoms with Crippen molar-refractivity contribution < 1.29 is 54.0 Å². The zero-order valence-corrected chi connectivity index (χ0v) is 16.4. The predicted molar refractivity (Wildman–Crippen MR) is 98.5 cm³/mol. The van der Waals surface area contributed by atoms with Gasteiger partial charge in [0, 0.05) is 6.42 Å². The van der Waals surface area contributed by atoms with Crippen LogP contribution in [0.4, 0.5) is 0 Å². The van der Waals surface area contributed by atoms with Crippen molar-refractivity contribution in [2.45, 2.75) is 56.8 Å². The number of amides is 3. The van der Waals surface area contributed by atoms with Crippen LogP contribution >= 0.6 is 0 Å². The van der Waals surface area contributed by atoms with E-state index in [-0.39, 0.29) is 0 Å². The molecule has 4 atom stereocenters. The van der Waals surface area contributed by atoms with Crippen LogP contribution in [0.1, 0.15) is 32.6 Å². The van der Waals surface area contributed by atoms with Crippen LogP contribution in [0, 0.1) is 0 Å². The maximum atomic E-state index is 12.5. The van der Waals surface area contributed by atoms with Gasteiger partial charge in [-0.05, 0) is 13.3 Å². The molecule has 15 nitrogen and oxygen atoms in total. The minimum Gasteiger partial charge on any atom is -0.481 e. The van der Waals surface area contributed by atoms with Gasteiger partial charge in [-0.25, -0.2) is 4.79 Å². The van der Waals surface area contributed by atoms with Gasteiger partial charge < -0.3 is 42.1 Å². The summed E-state index contributed by atoms with van der Waals surface area (Å²) in [5.41, 5.74) is 5.37. The van der Waals surface area contributed by atoms with E-state index in [1.54, 1.807) is 0 Å². The molecule has 174 valence electrons. The largest absolute Gasteiger partial charge is 0.481 e. The fourth-order valence-corrected chi connectivity index (χ4v) is 2.14. The summed E-state index contributed by atoms with van der Waals surface area (Å²) in [4.78, 5) is 80.1. The van der Waals surface area contributed by atoms with Gasteiger partial charge in [0.1, 0.15) is 18.1 Å². The highest BCUT2D eigenvalue weighted by molar-refractivity contribution is 5.96. The smallest absolute Gasteiger partial charge is 0.326 e. The Morgan fingerprint density at radius 3 is 1.52 bits per heavy atom. The number of nitrogens with one attached hydrogen (secondary N) is 3. The number of carboxylic acid groups (broad SMARTS) is 4. The third-order valence-corrected chi connectivity index (χ3v) is 3.70. The Morgan fingerprint density at radius 1 is 0.677 bits per heavy atom. The zero-order chi connectivity index (χ0) is 24.3. The van der Waals surface area contributed by atoms with E-state index in [1.165, 1.54) is 6.92 Å². The number of carbonyl (C=O) groups excluding carboxylic acids is 3. The molecule has 0 fully saturated rings. The van der Waals surface area contributed by atoms with E-state index < -0.39 is 91.4 Å². The van der Waals surface area contributed by atoms with Crippen LogP contribution in [0.25, 0.3) is 0 Å². The van der Waals surface area contributed by atoms with Gasteiger partial charge in [-0.3, -0.25) is 28.8 Å². The van der Waals surface area contributed by atoms with Crippen LogP contribution < -0.4 is 21.7 Å². The normalized spacial score (nSPS) is 14.3. The maximum Gasteiger partial charge on any atom is 0.326 e. The lowest BCUT2D eigenvalue weighted by atomic mass is 10.1. The average Bonchev–Trinajstić information content (AvgIpc) is 2.62. The lowest BCUT2D eigenvalue weighted by Crippen LogP contribution is -2.57. The summed E-state index contributed by atoms with van der Waals surface area (Å²) in [5, 5.41) is 41.4. The average molecular weight is 448 g/mol. The maximum absolute atomic E-state index is 12.5. The first kappa shape index (κ1) is 27.2. The molecule has 0 heterocycles.